The molecule has 242 valence electrons. The van der Waals surface area contributed by atoms with Gasteiger partial charge in [-0.15, -0.1) is 0 Å². The molecule has 0 heterocycles. The second-order valence-electron chi connectivity index (χ2n) is 11.9. The maximum Gasteiger partial charge on any atom is 0.296 e. The summed E-state index contributed by atoms with van der Waals surface area (Å²) in [5.74, 6) is -0.455. The molecule has 3 N–H and O–H groups in total. The van der Waals surface area contributed by atoms with Gasteiger partial charge in [0.05, 0.1) is 5.69 Å². The van der Waals surface area contributed by atoms with Gasteiger partial charge in [-0.05, 0) is 31.0 Å². The lowest BCUT2D eigenvalue weighted by molar-refractivity contribution is -0.117. The maximum absolute atomic E-state index is 12.5. The van der Waals surface area contributed by atoms with E-state index in [2.05, 4.69) is 24.5 Å². The van der Waals surface area contributed by atoms with Gasteiger partial charge in [0.1, 0.15) is 4.90 Å². The van der Waals surface area contributed by atoms with Crippen molar-refractivity contribution in [2.45, 2.75) is 173 Å². The van der Waals surface area contributed by atoms with Crippen molar-refractivity contribution in [3.05, 3.63) is 18.2 Å². The first-order chi connectivity index (χ1) is 20.3. The SMILES string of the molecule is CCCCCCCCCCCCCC(=O)Nc1ccc(S(=O)(=O)O)c(NC(=O)CCCCCCCCCCCCC)c1. The van der Waals surface area contributed by atoms with E-state index in [0.717, 1.165) is 38.5 Å². The van der Waals surface area contributed by atoms with Gasteiger partial charge in [0.2, 0.25) is 11.8 Å². The van der Waals surface area contributed by atoms with E-state index in [4.69, 9.17) is 0 Å². The average Bonchev–Trinajstić information content (AvgIpc) is 2.94. The third-order valence-corrected chi connectivity index (χ3v) is 8.74. The monoisotopic (exact) mass is 608 g/mol. The van der Waals surface area contributed by atoms with E-state index in [1.807, 2.05) is 0 Å². The highest BCUT2D eigenvalue weighted by molar-refractivity contribution is 7.86. The van der Waals surface area contributed by atoms with Crippen molar-refractivity contribution in [3.8, 4) is 0 Å². The zero-order valence-electron chi connectivity index (χ0n) is 26.7. The zero-order valence-corrected chi connectivity index (χ0v) is 27.5. The third kappa shape index (κ3) is 20.1. The van der Waals surface area contributed by atoms with Crippen LogP contribution in [0.15, 0.2) is 23.1 Å². The molecule has 0 saturated carbocycles. The van der Waals surface area contributed by atoms with Crippen LogP contribution >= 0.6 is 0 Å². The topological polar surface area (TPSA) is 113 Å². The summed E-state index contributed by atoms with van der Waals surface area (Å²) < 4.78 is 33.4. The highest BCUT2D eigenvalue weighted by Gasteiger charge is 2.18. The number of nitrogens with one attached hydrogen (secondary N) is 2. The van der Waals surface area contributed by atoms with Crippen molar-refractivity contribution in [2.24, 2.45) is 0 Å². The molecule has 2 amide bonds. The third-order valence-electron chi connectivity index (χ3n) is 7.83. The van der Waals surface area contributed by atoms with Gasteiger partial charge in [-0.3, -0.25) is 14.1 Å². The number of carbonyl (C=O) groups is 2. The first-order valence-corrected chi connectivity index (χ1v) is 18.4. The molecule has 1 aromatic rings. The second kappa shape index (κ2) is 24.5. The van der Waals surface area contributed by atoms with Crippen LogP contribution in [-0.2, 0) is 19.7 Å². The second-order valence-corrected chi connectivity index (χ2v) is 13.2. The highest BCUT2D eigenvalue weighted by Crippen LogP contribution is 2.26. The molecule has 0 aromatic heterocycles. The Labute approximate surface area is 257 Å². The summed E-state index contributed by atoms with van der Waals surface area (Å²) in [5.41, 5.74) is 0.374. The van der Waals surface area contributed by atoms with Crippen LogP contribution in [0, 0.1) is 0 Å². The summed E-state index contributed by atoms with van der Waals surface area (Å²) in [4.78, 5) is 24.6. The standard InChI is InChI=1S/C34H60N2O5S/c1-3-5-7-9-11-13-15-17-19-21-23-25-33(37)35-30-27-28-32(42(39,40)41)31(29-30)36-34(38)26-24-22-20-18-16-14-12-10-8-6-4-2/h27-29H,3-26H2,1-2H3,(H,35,37)(H,36,38)(H,39,40,41). The van der Waals surface area contributed by atoms with E-state index >= 15 is 0 Å². The van der Waals surface area contributed by atoms with Crippen molar-refractivity contribution in [1.29, 1.82) is 0 Å². The van der Waals surface area contributed by atoms with Crippen LogP contribution < -0.4 is 10.6 Å². The fourth-order valence-electron chi connectivity index (χ4n) is 5.27. The predicted octanol–water partition coefficient (Wildman–Crippen LogP) is 10.2. The molecule has 0 aliphatic carbocycles. The molecule has 0 spiro atoms. The summed E-state index contributed by atoms with van der Waals surface area (Å²) in [7, 11) is -4.53. The summed E-state index contributed by atoms with van der Waals surface area (Å²) >= 11 is 0. The quantitative estimate of drug-likeness (QED) is 0.0679. The van der Waals surface area contributed by atoms with Crippen molar-refractivity contribution >= 4 is 33.3 Å². The number of unbranched alkanes of at least 4 members (excludes halogenated alkanes) is 20. The molecule has 42 heavy (non-hydrogen) atoms. The Morgan fingerprint density at radius 3 is 1.31 bits per heavy atom. The molecule has 0 saturated heterocycles. The lowest BCUT2D eigenvalue weighted by Gasteiger charge is -2.12. The van der Waals surface area contributed by atoms with Crippen molar-refractivity contribution in [2.75, 3.05) is 10.6 Å². The molecule has 0 bridgehead atoms. The summed E-state index contributed by atoms with van der Waals surface area (Å²) in [5, 5.41) is 5.42. The van der Waals surface area contributed by atoms with Crippen LogP contribution in [0.2, 0.25) is 0 Å². The van der Waals surface area contributed by atoms with E-state index in [0.29, 0.717) is 12.1 Å². The van der Waals surface area contributed by atoms with Crippen molar-refractivity contribution in [1.82, 2.24) is 0 Å². The highest BCUT2D eigenvalue weighted by atomic mass is 32.2. The molecular weight excluding hydrogens is 548 g/mol. The smallest absolute Gasteiger partial charge is 0.296 e. The van der Waals surface area contributed by atoms with E-state index in [9.17, 15) is 22.6 Å². The maximum atomic E-state index is 12.5. The number of anilines is 2. The minimum absolute atomic E-state index is 0.0157. The Balaban J connectivity index is 2.35. The minimum atomic E-state index is -4.53. The van der Waals surface area contributed by atoms with Crippen LogP contribution in [0.25, 0.3) is 0 Å². The van der Waals surface area contributed by atoms with Gasteiger partial charge in [-0.1, -0.05) is 142 Å². The van der Waals surface area contributed by atoms with Gasteiger partial charge in [0.15, 0.2) is 0 Å². The van der Waals surface area contributed by atoms with Crippen molar-refractivity contribution in [3.63, 3.8) is 0 Å². The van der Waals surface area contributed by atoms with Crippen LogP contribution in [0.3, 0.4) is 0 Å². The molecule has 0 fully saturated rings. The predicted molar refractivity (Wildman–Crippen MR) is 176 cm³/mol. The van der Waals surface area contributed by atoms with Crippen LogP contribution in [0.1, 0.15) is 168 Å². The van der Waals surface area contributed by atoms with Crippen LogP contribution in [-0.4, -0.2) is 24.8 Å². The molecular formula is C34H60N2O5S. The van der Waals surface area contributed by atoms with Gasteiger partial charge in [0.25, 0.3) is 10.1 Å². The number of benzene rings is 1. The van der Waals surface area contributed by atoms with Crippen LogP contribution in [0.4, 0.5) is 11.4 Å². The Morgan fingerprint density at radius 2 is 0.929 bits per heavy atom. The number of hydrogen-bond donors (Lipinski definition) is 3. The van der Waals surface area contributed by atoms with Gasteiger partial charge in [0, 0.05) is 18.5 Å². The molecule has 0 atom stereocenters. The minimum Gasteiger partial charge on any atom is -0.326 e. The van der Waals surface area contributed by atoms with Gasteiger partial charge in [-0.25, -0.2) is 0 Å². The fourth-order valence-corrected chi connectivity index (χ4v) is 5.89. The number of rotatable bonds is 27. The number of carbonyl (C=O) groups excluding carboxylic acids is 2. The fraction of sp³-hybridized carbons (Fsp3) is 0.765. The summed E-state index contributed by atoms with van der Waals surface area (Å²) in [6, 6.07) is 4.05. The molecule has 7 nitrogen and oxygen atoms in total. The molecule has 8 heteroatoms. The van der Waals surface area contributed by atoms with E-state index in [1.54, 1.807) is 0 Å². The molecule has 1 aromatic carbocycles. The van der Waals surface area contributed by atoms with E-state index in [-0.39, 0.29) is 28.8 Å². The first-order valence-electron chi connectivity index (χ1n) is 17.0. The van der Waals surface area contributed by atoms with E-state index in [1.165, 1.54) is 121 Å². The number of amides is 2. The molecule has 0 aliphatic rings. The Kier molecular flexibility index (Phi) is 22.2. The molecule has 0 aliphatic heterocycles. The molecule has 0 unspecified atom stereocenters. The first kappa shape index (κ1) is 38.1. The largest absolute Gasteiger partial charge is 0.326 e. The Hall–Kier alpha value is -1.93. The van der Waals surface area contributed by atoms with Gasteiger partial charge in [-0.2, -0.15) is 8.42 Å². The van der Waals surface area contributed by atoms with Crippen LogP contribution in [0.5, 0.6) is 0 Å². The Bertz CT molecular complexity index is 965. The van der Waals surface area contributed by atoms with Gasteiger partial charge >= 0.3 is 0 Å². The lowest BCUT2D eigenvalue weighted by atomic mass is 10.1. The van der Waals surface area contributed by atoms with Crippen molar-refractivity contribution < 1.29 is 22.6 Å². The Morgan fingerprint density at radius 1 is 0.571 bits per heavy atom. The molecule has 0 radical (unpaired) electrons. The summed E-state index contributed by atoms with van der Waals surface area (Å²) in [6.07, 6.45) is 26.9. The average molecular weight is 609 g/mol. The lowest BCUT2D eigenvalue weighted by Crippen LogP contribution is -2.16. The normalized spacial score (nSPS) is 11.5. The van der Waals surface area contributed by atoms with E-state index < -0.39 is 10.1 Å². The zero-order chi connectivity index (χ0) is 30.9. The molecule has 1 rings (SSSR count). The number of hydrogen-bond acceptors (Lipinski definition) is 4. The van der Waals surface area contributed by atoms with Gasteiger partial charge < -0.3 is 10.6 Å². The summed E-state index contributed by atoms with van der Waals surface area (Å²) in [6.45, 7) is 4.46.